The summed E-state index contributed by atoms with van der Waals surface area (Å²) in [5, 5.41) is 27.3. The highest BCUT2D eigenvalue weighted by atomic mass is 32.2. The third kappa shape index (κ3) is 8.18. The highest BCUT2D eigenvalue weighted by Crippen LogP contribution is 2.29. The maximum absolute atomic E-state index is 9.12. The molecule has 0 bridgehead atoms. The molecular weight excluding hydrogens is 372 g/mol. The van der Waals surface area contributed by atoms with Gasteiger partial charge < -0.3 is 20.1 Å². The fourth-order valence-electron chi connectivity index (χ4n) is 2.13. The van der Waals surface area contributed by atoms with Crippen molar-refractivity contribution in [1.82, 2.24) is 0 Å². The molecule has 0 aliphatic carbocycles. The quantitative estimate of drug-likeness (QED) is 0.512. The molecule has 0 spiro atoms. The van der Waals surface area contributed by atoms with Gasteiger partial charge in [-0.2, -0.15) is 0 Å². The Morgan fingerprint density at radius 2 is 0.893 bits per heavy atom. The Labute approximate surface area is 170 Å². The van der Waals surface area contributed by atoms with Crippen molar-refractivity contribution in [2.45, 2.75) is 36.0 Å². The Morgan fingerprint density at radius 1 is 0.607 bits per heavy atom. The van der Waals surface area contributed by atoms with E-state index in [1.807, 2.05) is 43.2 Å². The molecule has 3 N–H and O–H groups in total. The summed E-state index contributed by atoms with van der Waals surface area (Å²) in [6, 6.07) is 21.4. The van der Waals surface area contributed by atoms with E-state index in [9.17, 15) is 0 Å². The fraction of sp³-hybridized carbons (Fsp3) is 0.174. The van der Waals surface area contributed by atoms with Crippen molar-refractivity contribution in [3.05, 3.63) is 78.4 Å². The van der Waals surface area contributed by atoms with Gasteiger partial charge in [-0.25, -0.2) is 0 Å². The minimum Gasteiger partial charge on any atom is -0.508 e. The minimum atomic E-state index is 0.174. The first-order chi connectivity index (χ1) is 13.2. The number of hydrogen-bond acceptors (Lipinski definition) is 5. The molecule has 0 aromatic heterocycles. The summed E-state index contributed by atoms with van der Waals surface area (Å²) in [6.07, 6.45) is 0. The summed E-state index contributed by atoms with van der Waals surface area (Å²) in [4.78, 5) is 10.1. The molecule has 148 valence electrons. The second-order valence-corrected chi connectivity index (χ2v) is 8.03. The van der Waals surface area contributed by atoms with Crippen LogP contribution in [0.25, 0.3) is 0 Å². The maximum Gasteiger partial charge on any atom is 0.115 e. The lowest BCUT2D eigenvalue weighted by molar-refractivity contribution is -0.0980. The van der Waals surface area contributed by atoms with Crippen molar-refractivity contribution in [1.29, 1.82) is 0 Å². The van der Waals surface area contributed by atoms with E-state index in [4.69, 9.17) is 20.1 Å². The van der Waals surface area contributed by atoms with Crippen LogP contribution >= 0.6 is 11.8 Å². The standard InChI is InChI=1S/C12H10O2S.C10H14O.CH2O/c13-9-1-5-11(6-2-9)15-12-7-3-10(14)4-8-12;1-10(2,3)8-4-6-9(11)7-5-8;1-2/h1-8,13-14H;4-7,11H,1-3H3;1H2. The van der Waals surface area contributed by atoms with Gasteiger partial charge in [0.25, 0.3) is 0 Å². The van der Waals surface area contributed by atoms with Gasteiger partial charge in [-0.1, -0.05) is 44.7 Å². The number of rotatable bonds is 2. The molecule has 0 unspecified atom stereocenters. The first-order valence-corrected chi connectivity index (χ1v) is 9.40. The number of hydrogen-bond donors (Lipinski definition) is 3. The predicted molar refractivity (Wildman–Crippen MR) is 114 cm³/mol. The predicted octanol–water partition coefficient (Wildman–Crippen LogP) is 5.75. The second kappa shape index (κ2) is 11.0. The van der Waals surface area contributed by atoms with Gasteiger partial charge in [0.2, 0.25) is 0 Å². The normalized spacial score (nSPS) is 10.1. The third-order valence-electron chi connectivity index (χ3n) is 3.64. The lowest BCUT2D eigenvalue weighted by Gasteiger charge is -2.18. The summed E-state index contributed by atoms with van der Waals surface area (Å²) in [5.74, 6) is 0.869. The topological polar surface area (TPSA) is 77.8 Å². The molecular formula is C23H26O4S. The smallest absolute Gasteiger partial charge is 0.115 e. The molecule has 0 heterocycles. The molecule has 3 aromatic rings. The summed E-state index contributed by atoms with van der Waals surface area (Å²) in [6.45, 7) is 8.46. The van der Waals surface area contributed by atoms with E-state index in [1.165, 1.54) is 5.56 Å². The number of carbonyl (C=O) groups excluding carboxylic acids is 1. The second-order valence-electron chi connectivity index (χ2n) is 6.89. The SMILES string of the molecule is C=O.CC(C)(C)c1ccc(O)cc1.Oc1ccc(Sc2ccc(O)cc2)cc1. The molecule has 0 aliphatic rings. The van der Waals surface area contributed by atoms with Gasteiger partial charge >= 0.3 is 0 Å². The maximum atomic E-state index is 9.12. The monoisotopic (exact) mass is 398 g/mol. The average Bonchev–Trinajstić information content (AvgIpc) is 2.67. The number of aromatic hydroxyl groups is 3. The molecule has 0 aliphatic heterocycles. The van der Waals surface area contributed by atoms with E-state index in [0.717, 1.165) is 9.79 Å². The van der Waals surface area contributed by atoms with Crippen LogP contribution in [-0.4, -0.2) is 22.1 Å². The third-order valence-corrected chi connectivity index (χ3v) is 4.66. The molecule has 0 fully saturated rings. The summed E-state index contributed by atoms with van der Waals surface area (Å²) in [7, 11) is 0. The van der Waals surface area contributed by atoms with Gasteiger partial charge in [0.1, 0.15) is 24.0 Å². The number of benzene rings is 3. The van der Waals surface area contributed by atoms with Gasteiger partial charge in [-0.3, -0.25) is 0 Å². The number of phenols is 3. The molecule has 0 saturated carbocycles. The Bertz CT molecular complexity index is 777. The van der Waals surface area contributed by atoms with Crippen molar-refractivity contribution < 1.29 is 20.1 Å². The van der Waals surface area contributed by atoms with E-state index in [0.29, 0.717) is 5.75 Å². The van der Waals surface area contributed by atoms with Gasteiger partial charge in [-0.15, -0.1) is 0 Å². The van der Waals surface area contributed by atoms with Gasteiger partial charge in [-0.05, 0) is 71.6 Å². The molecule has 0 radical (unpaired) electrons. The molecule has 5 heteroatoms. The molecule has 0 atom stereocenters. The Kier molecular flexibility index (Phi) is 9.12. The fourth-order valence-corrected chi connectivity index (χ4v) is 2.94. The molecule has 3 aromatic carbocycles. The van der Waals surface area contributed by atoms with Crippen LogP contribution in [0.5, 0.6) is 17.2 Å². The molecule has 0 saturated heterocycles. The Morgan fingerprint density at radius 3 is 1.18 bits per heavy atom. The summed E-state index contributed by atoms with van der Waals surface area (Å²) in [5.41, 5.74) is 1.42. The van der Waals surface area contributed by atoms with Crippen molar-refractivity contribution in [3.8, 4) is 17.2 Å². The van der Waals surface area contributed by atoms with E-state index in [-0.39, 0.29) is 16.9 Å². The average molecular weight is 399 g/mol. The highest BCUT2D eigenvalue weighted by Gasteiger charge is 2.12. The zero-order valence-corrected chi connectivity index (χ0v) is 17.1. The number of phenolic OH excluding ortho intramolecular Hbond substituents is 3. The van der Waals surface area contributed by atoms with Crippen LogP contribution in [0.1, 0.15) is 26.3 Å². The lowest BCUT2D eigenvalue weighted by atomic mass is 9.87. The van der Waals surface area contributed by atoms with E-state index in [1.54, 1.807) is 48.2 Å². The van der Waals surface area contributed by atoms with Crippen LogP contribution in [0.3, 0.4) is 0 Å². The van der Waals surface area contributed by atoms with Crippen LogP contribution in [0.2, 0.25) is 0 Å². The number of carbonyl (C=O) groups is 1. The summed E-state index contributed by atoms with van der Waals surface area (Å²) >= 11 is 1.58. The van der Waals surface area contributed by atoms with E-state index < -0.39 is 0 Å². The Hall–Kier alpha value is -2.92. The van der Waals surface area contributed by atoms with Crippen molar-refractivity contribution >= 4 is 18.6 Å². The molecule has 0 amide bonds. The first-order valence-electron chi connectivity index (χ1n) is 8.58. The lowest BCUT2D eigenvalue weighted by Crippen LogP contribution is -2.10. The summed E-state index contributed by atoms with van der Waals surface area (Å²) < 4.78 is 0. The van der Waals surface area contributed by atoms with Crippen molar-refractivity contribution in [3.63, 3.8) is 0 Å². The molecule has 28 heavy (non-hydrogen) atoms. The van der Waals surface area contributed by atoms with Crippen LogP contribution < -0.4 is 0 Å². The van der Waals surface area contributed by atoms with Crippen LogP contribution in [0.4, 0.5) is 0 Å². The van der Waals surface area contributed by atoms with Crippen LogP contribution in [0, 0.1) is 0 Å². The minimum absolute atomic E-state index is 0.174. The molecule has 3 rings (SSSR count). The van der Waals surface area contributed by atoms with E-state index in [2.05, 4.69) is 20.8 Å². The van der Waals surface area contributed by atoms with E-state index >= 15 is 0 Å². The zero-order chi connectivity index (χ0) is 21.2. The van der Waals surface area contributed by atoms with Crippen LogP contribution in [-0.2, 0) is 10.2 Å². The molecule has 4 nitrogen and oxygen atoms in total. The first kappa shape index (κ1) is 23.1. The van der Waals surface area contributed by atoms with Gasteiger partial charge in [0.05, 0.1) is 0 Å². The largest absolute Gasteiger partial charge is 0.508 e. The van der Waals surface area contributed by atoms with Crippen molar-refractivity contribution in [2.75, 3.05) is 0 Å². The zero-order valence-electron chi connectivity index (χ0n) is 16.3. The highest BCUT2D eigenvalue weighted by molar-refractivity contribution is 7.99. The van der Waals surface area contributed by atoms with Gasteiger partial charge in [0.15, 0.2) is 0 Å². The Balaban J connectivity index is 0.000000268. The van der Waals surface area contributed by atoms with Crippen molar-refractivity contribution in [2.24, 2.45) is 0 Å². The van der Waals surface area contributed by atoms with Gasteiger partial charge in [0, 0.05) is 9.79 Å². The van der Waals surface area contributed by atoms with Crippen LogP contribution in [0.15, 0.2) is 82.6 Å².